The standard InChI is InChI=1S/C9H16N4O2/c1-3-7(10)4-8(14)11-5-9-12-6(2)13-15-9/h7H,3-5,10H2,1-2H3,(H,11,14). The normalized spacial score (nSPS) is 12.5. The Labute approximate surface area is 88.2 Å². The number of nitrogens with one attached hydrogen (secondary N) is 1. The van der Waals surface area contributed by atoms with E-state index in [0.717, 1.165) is 6.42 Å². The number of hydrogen-bond acceptors (Lipinski definition) is 5. The van der Waals surface area contributed by atoms with Crippen LogP contribution in [0.1, 0.15) is 31.5 Å². The van der Waals surface area contributed by atoms with Crippen LogP contribution in [-0.4, -0.2) is 22.1 Å². The van der Waals surface area contributed by atoms with E-state index in [2.05, 4.69) is 15.5 Å². The quantitative estimate of drug-likeness (QED) is 0.723. The van der Waals surface area contributed by atoms with Crippen LogP contribution in [0.5, 0.6) is 0 Å². The summed E-state index contributed by atoms with van der Waals surface area (Å²) in [5.74, 6) is 0.871. The summed E-state index contributed by atoms with van der Waals surface area (Å²) < 4.78 is 4.84. The molecule has 1 rings (SSSR count). The van der Waals surface area contributed by atoms with Gasteiger partial charge in [-0.25, -0.2) is 0 Å². The van der Waals surface area contributed by atoms with Crippen molar-refractivity contribution in [3.05, 3.63) is 11.7 Å². The van der Waals surface area contributed by atoms with Gasteiger partial charge in [-0.1, -0.05) is 12.1 Å². The van der Waals surface area contributed by atoms with Crippen LogP contribution in [-0.2, 0) is 11.3 Å². The number of hydrogen-bond donors (Lipinski definition) is 2. The summed E-state index contributed by atoms with van der Waals surface area (Å²) in [6, 6.07) is -0.0885. The molecule has 6 heteroatoms. The van der Waals surface area contributed by atoms with Crippen molar-refractivity contribution in [3.63, 3.8) is 0 Å². The van der Waals surface area contributed by atoms with Gasteiger partial charge in [0.1, 0.15) is 0 Å². The summed E-state index contributed by atoms with van der Waals surface area (Å²) in [6.45, 7) is 3.93. The second-order valence-corrected chi connectivity index (χ2v) is 3.38. The Bertz CT molecular complexity index is 324. The van der Waals surface area contributed by atoms with E-state index in [-0.39, 0.29) is 18.5 Å². The lowest BCUT2D eigenvalue weighted by Crippen LogP contribution is -2.30. The highest BCUT2D eigenvalue weighted by Gasteiger charge is 2.09. The molecule has 1 unspecified atom stereocenters. The molecule has 1 aromatic heterocycles. The number of nitrogens with zero attached hydrogens (tertiary/aromatic N) is 2. The highest BCUT2D eigenvalue weighted by Crippen LogP contribution is 1.97. The lowest BCUT2D eigenvalue weighted by Gasteiger charge is -2.07. The minimum atomic E-state index is -0.0970. The average Bonchev–Trinajstić information content (AvgIpc) is 2.61. The summed E-state index contributed by atoms with van der Waals surface area (Å²) >= 11 is 0. The topological polar surface area (TPSA) is 94.0 Å². The molecule has 0 bridgehead atoms. The molecular formula is C9H16N4O2. The molecule has 0 saturated carbocycles. The van der Waals surface area contributed by atoms with Gasteiger partial charge in [-0.05, 0) is 13.3 Å². The van der Waals surface area contributed by atoms with Gasteiger partial charge in [0.15, 0.2) is 5.82 Å². The van der Waals surface area contributed by atoms with Crippen molar-refractivity contribution >= 4 is 5.91 Å². The molecular weight excluding hydrogens is 196 g/mol. The first-order valence-corrected chi connectivity index (χ1v) is 4.93. The van der Waals surface area contributed by atoms with Crippen molar-refractivity contribution in [1.29, 1.82) is 0 Å². The average molecular weight is 212 g/mol. The van der Waals surface area contributed by atoms with Gasteiger partial charge in [0.05, 0.1) is 6.54 Å². The first-order valence-electron chi connectivity index (χ1n) is 4.93. The molecule has 0 aliphatic carbocycles. The molecule has 15 heavy (non-hydrogen) atoms. The van der Waals surface area contributed by atoms with Gasteiger partial charge in [-0.3, -0.25) is 4.79 Å². The second-order valence-electron chi connectivity index (χ2n) is 3.38. The smallest absolute Gasteiger partial charge is 0.246 e. The maximum absolute atomic E-state index is 11.3. The van der Waals surface area contributed by atoms with Crippen molar-refractivity contribution in [2.45, 2.75) is 39.3 Å². The van der Waals surface area contributed by atoms with E-state index in [1.807, 2.05) is 6.92 Å². The predicted octanol–water partition coefficient (Wildman–Crippen LogP) is 0.122. The van der Waals surface area contributed by atoms with Crippen molar-refractivity contribution < 1.29 is 9.32 Å². The number of aromatic nitrogens is 2. The van der Waals surface area contributed by atoms with Crippen LogP contribution in [0.4, 0.5) is 0 Å². The van der Waals surface area contributed by atoms with E-state index >= 15 is 0 Å². The van der Waals surface area contributed by atoms with Crippen LogP contribution in [0, 0.1) is 6.92 Å². The van der Waals surface area contributed by atoms with Gasteiger partial charge < -0.3 is 15.6 Å². The summed E-state index contributed by atoms with van der Waals surface area (Å²) in [5, 5.41) is 6.27. The number of aryl methyl sites for hydroxylation is 1. The molecule has 1 atom stereocenters. The van der Waals surface area contributed by atoms with Crippen LogP contribution in [0.15, 0.2) is 4.52 Å². The summed E-state index contributed by atoms with van der Waals surface area (Å²) in [7, 11) is 0. The first-order chi connectivity index (χ1) is 7.11. The molecule has 84 valence electrons. The molecule has 0 radical (unpaired) electrons. The first kappa shape index (κ1) is 11.6. The Kier molecular flexibility index (Phi) is 4.23. The van der Waals surface area contributed by atoms with Gasteiger partial charge in [0.25, 0.3) is 0 Å². The zero-order valence-electron chi connectivity index (χ0n) is 8.99. The lowest BCUT2D eigenvalue weighted by molar-refractivity contribution is -0.121. The molecule has 0 aliphatic rings. The second kappa shape index (κ2) is 5.45. The number of nitrogens with two attached hydrogens (primary N) is 1. The molecule has 1 heterocycles. The van der Waals surface area contributed by atoms with Gasteiger partial charge >= 0.3 is 0 Å². The molecule has 0 aliphatic heterocycles. The molecule has 0 aromatic carbocycles. The number of carbonyl (C=O) groups excluding carboxylic acids is 1. The predicted molar refractivity (Wildman–Crippen MR) is 53.8 cm³/mol. The van der Waals surface area contributed by atoms with Gasteiger partial charge in [0, 0.05) is 12.5 Å². The fourth-order valence-corrected chi connectivity index (χ4v) is 1.04. The van der Waals surface area contributed by atoms with Crippen LogP contribution < -0.4 is 11.1 Å². The van der Waals surface area contributed by atoms with Gasteiger partial charge in [-0.15, -0.1) is 0 Å². The minimum absolute atomic E-state index is 0.0885. The summed E-state index contributed by atoms with van der Waals surface area (Å²) in [6.07, 6.45) is 1.11. The molecule has 6 nitrogen and oxygen atoms in total. The van der Waals surface area contributed by atoms with E-state index < -0.39 is 0 Å². The molecule has 1 aromatic rings. The zero-order chi connectivity index (χ0) is 11.3. The highest BCUT2D eigenvalue weighted by molar-refractivity contribution is 5.76. The van der Waals surface area contributed by atoms with E-state index in [9.17, 15) is 4.79 Å². The molecule has 0 fully saturated rings. The Morgan fingerprint density at radius 1 is 1.67 bits per heavy atom. The number of carbonyl (C=O) groups is 1. The van der Waals surface area contributed by atoms with Crippen molar-refractivity contribution in [3.8, 4) is 0 Å². The lowest BCUT2D eigenvalue weighted by atomic mass is 10.1. The fraction of sp³-hybridized carbons (Fsp3) is 0.667. The van der Waals surface area contributed by atoms with Crippen LogP contribution >= 0.6 is 0 Å². The van der Waals surface area contributed by atoms with Crippen molar-refractivity contribution in [1.82, 2.24) is 15.5 Å². The Morgan fingerprint density at radius 2 is 2.40 bits per heavy atom. The summed E-state index contributed by atoms with van der Waals surface area (Å²) in [4.78, 5) is 15.3. The Balaban J connectivity index is 2.28. The van der Waals surface area contributed by atoms with Crippen LogP contribution in [0.2, 0.25) is 0 Å². The van der Waals surface area contributed by atoms with Crippen molar-refractivity contribution in [2.24, 2.45) is 5.73 Å². The molecule has 0 spiro atoms. The largest absolute Gasteiger partial charge is 0.347 e. The third-order valence-electron chi connectivity index (χ3n) is 1.98. The number of rotatable bonds is 5. The van der Waals surface area contributed by atoms with Crippen LogP contribution in [0.3, 0.4) is 0 Å². The SMILES string of the molecule is CCC(N)CC(=O)NCc1nc(C)no1. The number of amides is 1. The van der Waals surface area contributed by atoms with E-state index in [1.165, 1.54) is 0 Å². The fourth-order valence-electron chi connectivity index (χ4n) is 1.04. The van der Waals surface area contributed by atoms with E-state index in [0.29, 0.717) is 18.1 Å². The maximum atomic E-state index is 11.3. The Morgan fingerprint density at radius 3 is 2.93 bits per heavy atom. The third-order valence-corrected chi connectivity index (χ3v) is 1.98. The summed E-state index contributed by atoms with van der Waals surface area (Å²) in [5.41, 5.74) is 5.63. The molecule has 1 amide bonds. The molecule has 0 saturated heterocycles. The zero-order valence-corrected chi connectivity index (χ0v) is 8.99. The Hall–Kier alpha value is -1.43. The van der Waals surface area contributed by atoms with Crippen LogP contribution in [0.25, 0.3) is 0 Å². The van der Waals surface area contributed by atoms with E-state index in [4.69, 9.17) is 10.3 Å². The van der Waals surface area contributed by atoms with Gasteiger partial charge in [-0.2, -0.15) is 4.98 Å². The minimum Gasteiger partial charge on any atom is -0.347 e. The maximum Gasteiger partial charge on any atom is 0.246 e. The monoisotopic (exact) mass is 212 g/mol. The molecule has 3 N–H and O–H groups in total. The third kappa shape index (κ3) is 4.07. The van der Waals surface area contributed by atoms with Gasteiger partial charge in [0.2, 0.25) is 11.8 Å². The van der Waals surface area contributed by atoms with E-state index in [1.54, 1.807) is 6.92 Å². The van der Waals surface area contributed by atoms with Crippen molar-refractivity contribution in [2.75, 3.05) is 0 Å². The highest BCUT2D eigenvalue weighted by atomic mass is 16.5.